The van der Waals surface area contributed by atoms with Gasteiger partial charge in [0.15, 0.2) is 0 Å². The minimum atomic E-state index is -0.767. The topological polar surface area (TPSA) is 84.3 Å². The van der Waals surface area contributed by atoms with Crippen LogP contribution in [0.4, 0.5) is 5.95 Å². The minimum Gasteiger partial charge on any atom is -0.481 e. The summed E-state index contributed by atoms with van der Waals surface area (Å²) in [6.07, 6.45) is 3.21. The maximum absolute atomic E-state index is 10.4. The predicted octanol–water partition coefficient (Wildman–Crippen LogP) is 1.93. The van der Waals surface area contributed by atoms with Crippen molar-refractivity contribution in [3.8, 4) is 5.88 Å². The van der Waals surface area contributed by atoms with Crippen LogP contribution in [0.2, 0.25) is 0 Å². The van der Waals surface area contributed by atoms with E-state index in [0.29, 0.717) is 24.9 Å². The van der Waals surface area contributed by atoms with Crippen molar-refractivity contribution < 1.29 is 14.6 Å². The second kappa shape index (κ2) is 7.47. The molecule has 2 N–H and O–H groups in total. The summed E-state index contributed by atoms with van der Waals surface area (Å²) in [5.41, 5.74) is 0. The Balaban J connectivity index is 2.40. The van der Waals surface area contributed by atoms with Crippen LogP contribution in [-0.2, 0) is 4.79 Å². The first-order chi connectivity index (χ1) is 8.61. The fraction of sp³-hybridized carbons (Fsp3) is 0.583. The summed E-state index contributed by atoms with van der Waals surface area (Å²) in [5.74, 6) is 0.272. The second-order valence-corrected chi connectivity index (χ2v) is 3.98. The number of nitrogens with one attached hydrogen (secondary N) is 1. The number of aliphatic carboxylic acids is 1. The zero-order chi connectivity index (χ0) is 13.4. The summed E-state index contributed by atoms with van der Waals surface area (Å²) in [7, 11) is 0. The average molecular weight is 253 g/mol. The number of rotatable bonds is 8. The molecule has 0 aromatic carbocycles. The van der Waals surface area contributed by atoms with Gasteiger partial charge in [-0.25, -0.2) is 4.98 Å². The molecule has 18 heavy (non-hydrogen) atoms. The number of carbonyl (C=O) groups is 1. The van der Waals surface area contributed by atoms with Gasteiger partial charge in [-0.15, -0.1) is 0 Å². The third-order valence-corrected chi connectivity index (χ3v) is 2.33. The van der Waals surface area contributed by atoms with Gasteiger partial charge in [-0.2, -0.15) is 4.98 Å². The number of hydrogen-bond acceptors (Lipinski definition) is 5. The van der Waals surface area contributed by atoms with Gasteiger partial charge in [0.1, 0.15) is 0 Å². The molecule has 1 aromatic heterocycles. The molecule has 0 spiro atoms. The quantitative estimate of drug-likeness (QED) is 0.736. The molecular weight excluding hydrogens is 234 g/mol. The summed E-state index contributed by atoms with van der Waals surface area (Å²) in [4.78, 5) is 18.7. The van der Waals surface area contributed by atoms with Gasteiger partial charge in [0.2, 0.25) is 11.8 Å². The molecule has 1 heterocycles. The molecule has 0 saturated heterocycles. The van der Waals surface area contributed by atoms with E-state index < -0.39 is 5.97 Å². The number of anilines is 1. The van der Waals surface area contributed by atoms with E-state index in [1.807, 2.05) is 13.8 Å². The maximum Gasteiger partial charge on any atom is 0.303 e. The van der Waals surface area contributed by atoms with Crippen molar-refractivity contribution in [2.45, 2.75) is 39.2 Å². The highest BCUT2D eigenvalue weighted by Crippen LogP contribution is 2.11. The molecule has 6 nitrogen and oxygen atoms in total. The average Bonchev–Trinajstić information content (AvgIpc) is 2.29. The van der Waals surface area contributed by atoms with Crippen LogP contribution in [0.15, 0.2) is 12.3 Å². The zero-order valence-electron chi connectivity index (χ0n) is 10.7. The molecule has 0 bridgehead atoms. The fourth-order valence-corrected chi connectivity index (χ4v) is 1.49. The van der Waals surface area contributed by atoms with Gasteiger partial charge in [0.05, 0.1) is 6.61 Å². The Morgan fingerprint density at radius 2 is 2.39 bits per heavy atom. The van der Waals surface area contributed by atoms with E-state index in [-0.39, 0.29) is 12.5 Å². The van der Waals surface area contributed by atoms with E-state index in [1.165, 1.54) is 0 Å². The van der Waals surface area contributed by atoms with Crippen LogP contribution in [0, 0.1) is 0 Å². The normalized spacial score (nSPS) is 11.9. The number of carboxylic acids is 1. The number of carboxylic acid groups (broad SMARTS) is 1. The first-order valence-electron chi connectivity index (χ1n) is 6.06. The molecule has 1 unspecified atom stereocenters. The lowest BCUT2D eigenvalue weighted by Gasteiger charge is -2.13. The molecule has 0 radical (unpaired) electrons. The molecule has 0 saturated carbocycles. The van der Waals surface area contributed by atoms with E-state index in [2.05, 4.69) is 15.3 Å². The molecule has 0 amide bonds. The Morgan fingerprint density at radius 3 is 3.06 bits per heavy atom. The van der Waals surface area contributed by atoms with E-state index in [4.69, 9.17) is 9.84 Å². The number of hydrogen-bond donors (Lipinski definition) is 2. The Morgan fingerprint density at radius 1 is 1.61 bits per heavy atom. The third-order valence-electron chi connectivity index (χ3n) is 2.33. The lowest BCUT2D eigenvalue weighted by Crippen LogP contribution is -2.17. The summed E-state index contributed by atoms with van der Waals surface area (Å²) in [6, 6.07) is 1.82. The van der Waals surface area contributed by atoms with Gasteiger partial charge < -0.3 is 15.2 Å². The van der Waals surface area contributed by atoms with Gasteiger partial charge in [-0.1, -0.05) is 0 Å². The first-order valence-corrected chi connectivity index (χ1v) is 6.06. The predicted molar refractivity (Wildman–Crippen MR) is 67.8 cm³/mol. The highest BCUT2D eigenvalue weighted by atomic mass is 16.5. The Kier molecular flexibility index (Phi) is 5.90. The van der Waals surface area contributed by atoms with Crippen LogP contribution < -0.4 is 10.1 Å². The molecular formula is C12H19N3O3. The van der Waals surface area contributed by atoms with Gasteiger partial charge >= 0.3 is 5.97 Å². The van der Waals surface area contributed by atoms with E-state index >= 15 is 0 Å². The van der Waals surface area contributed by atoms with Crippen molar-refractivity contribution in [1.82, 2.24) is 9.97 Å². The van der Waals surface area contributed by atoms with Crippen LogP contribution in [0.5, 0.6) is 5.88 Å². The zero-order valence-corrected chi connectivity index (χ0v) is 10.7. The lowest BCUT2D eigenvalue weighted by atomic mass is 10.1. The Labute approximate surface area is 106 Å². The van der Waals surface area contributed by atoms with Crippen molar-refractivity contribution >= 4 is 11.9 Å². The second-order valence-electron chi connectivity index (χ2n) is 3.98. The monoisotopic (exact) mass is 253 g/mol. The van der Waals surface area contributed by atoms with Crippen molar-refractivity contribution in [1.29, 1.82) is 0 Å². The molecule has 0 aliphatic heterocycles. The highest BCUT2D eigenvalue weighted by Gasteiger charge is 2.06. The highest BCUT2D eigenvalue weighted by molar-refractivity contribution is 5.66. The van der Waals surface area contributed by atoms with E-state index in [1.54, 1.807) is 12.3 Å². The summed E-state index contributed by atoms with van der Waals surface area (Å²) < 4.78 is 5.27. The van der Waals surface area contributed by atoms with Gasteiger partial charge in [-0.3, -0.25) is 4.79 Å². The molecule has 0 fully saturated rings. The largest absolute Gasteiger partial charge is 0.481 e. The fourth-order valence-electron chi connectivity index (χ4n) is 1.49. The SMILES string of the molecule is CCOc1ccnc(NC(C)CCCC(=O)O)n1. The van der Waals surface area contributed by atoms with Crippen molar-refractivity contribution in [2.75, 3.05) is 11.9 Å². The number of aromatic nitrogens is 2. The number of nitrogens with zero attached hydrogens (tertiary/aromatic N) is 2. The molecule has 1 aromatic rings. The van der Waals surface area contributed by atoms with Crippen LogP contribution in [-0.4, -0.2) is 33.7 Å². The van der Waals surface area contributed by atoms with Gasteiger partial charge in [0, 0.05) is 24.7 Å². The molecule has 6 heteroatoms. The standard InChI is InChI=1S/C12H19N3O3/c1-3-18-10-7-8-13-12(15-10)14-9(2)5-4-6-11(16)17/h7-9H,3-6H2,1-2H3,(H,16,17)(H,13,14,15). The van der Waals surface area contributed by atoms with Crippen LogP contribution in [0.1, 0.15) is 33.1 Å². The molecule has 1 atom stereocenters. The summed E-state index contributed by atoms with van der Waals surface area (Å²) >= 11 is 0. The van der Waals surface area contributed by atoms with Crippen LogP contribution in [0.25, 0.3) is 0 Å². The molecule has 0 aliphatic carbocycles. The summed E-state index contributed by atoms with van der Waals surface area (Å²) in [6.45, 7) is 4.42. The molecule has 100 valence electrons. The summed E-state index contributed by atoms with van der Waals surface area (Å²) in [5, 5.41) is 11.7. The van der Waals surface area contributed by atoms with Crippen molar-refractivity contribution in [2.24, 2.45) is 0 Å². The van der Waals surface area contributed by atoms with Gasteiger partial charge in [-0.05, 0) is 26.7 Å². The maximum atomic E-state index is 10.4. The molecule has 1 rings (SSSR count). The van der Waals surface area contributed by atoms with Crippen molar-refractivity contribution in [3.05, 3.63) is 12.3 Å². The number of ether oxygens (including phenoxy) is 1. The lowest BCUT2D eigenvalue weighted by molar-refractivity contribution is -0.137. The minimum absolute atomic E-state index is 0.126. The molecule has 0 aliphatic rings. The van der Waals surface area contributed by atoms with E-state index in [0.717, 1.165) is 6.42 Å². The first kappa shape index (κ1) is 14.2. The smallest absolute Gasteiger partial charge is 0.303 e. The Hall–Kier alpha value is -1.85. The Bertz CT molecular complexity index is 385. The van der Waals surface area contributed by atoms with Gasteiger partial charge in [0.25, 0.3) is 0 Å². The van der Waals surface area contributed by atoms with Crippen molar-refractivity contribution in [3.63, 3.8) is 0 Å². The van der Waals surface area contributed by atoms with Crippen LogP contribution >= 0.6 is 0 Å². The van der Waals surface area contributed by atoms with Crippen LogP contribution in [0.3, 0.4) is 0 Å². The van der Waals surface area contributed by atoms with E-state index in [9.17, 15) is 4.79 Å². The third kappa shape index (κ3) is 5.47.